The van der Waals surface area contributed by atoms with Crippen LogP contribution in [0.5, 0.6) is 5.75 Å². The molecule has 3 fully saturated rings. The highest BCUT2D eigenvalue weighted by Gasteiger charge is 2.63. The number of pyridine rings is 1. The number of phenolic OH excluding ortho intramolecular Hbond substituents is 1. The van der Waals surface area contributed by atoms with Crippen LogP contribution in [0.2, 0.25) is 0 Å². The fourth-order valence-corrected chi connectivity index (χ4v) is 5.78. The smallest absolute Gasteiger partial charge is 0.239 e. The van der Waals surface area contributed by atoms with Crippen molar-refractivity contribution in [3.63, 3.8) is 0 Å². The van der Waals surface area contributed by atoms with Crippen LogP contribution in [0, 0.1) is 0 Å². The second-order valence-electron chi connectivity index (χ2n) is 10.4. The van der Waals surface area contributed by atoms with Crippen LogP contribution in [-0.2, 0) is 25.4 Å². The third-order valence-electron chi connectivity index (χ3n) is 7.85. The average molecular weight is 545 g/mol. The number of hydrogen-bond donors (Lipinski definition) is 7. The molecule has 0 bridgehead atoms. The lowest BCUT2D eigenvalue weighted by molar-refractivity contribution is -0.449. The Kier molecular flexibility index (Phi) is 7.91. The third-order valence-corrected chi connectivity index (χ3v) is 7.85. The number of aliphatic hydroxyl groups excluding tert-OH is 2. The van der Waals surface area contributed by atoms with Crippen LogP contribution in [0.15, 0.2) is 42.6 Å². The van der Waals surface area contributed by atoms with Gasteiger partial charge in [-0.15, -0.1) is 0 Å². The Labute approximate surface area is 226 Å². The number of benzene rings is 1. The van der Waals surface area contributed by atoms with Crippen LogP contribution in [0.1, 0.15) is 19.0 Å². The summed E-state index contributed by atoms with van der Waals surface area (Å²) < 4.78 is 18.1. The van der Waals surface area contributed by atoms with E-state index < -0.39 is 54.6 Å². The fraction of sp³-hybridized carbons (Fsp3) is 0.556. The Morgan fingerprint density at radius 1 is 1.00 bits per heavy atom. The van der Waals surface area contributed by atoms with E-state index in [-0.39, 0.29) is 30.6 Å². The molecule has 1 aliphatic carbocycles. The molecule has 12 nitrogen and oxygen atoms in total. The normalized spacial score (nSPS) is 37.9. The van der Waals surface area contributed by atoms with Crippen molar-refractivity contribution in [3.05, 3.63) is 48.3 Å². The van der Waals surface area contributed by atoms with E-state index in [2.05, 4.69) is 20.9 Å². The Morgan fingerprint density at radius 2 is 1.69 bits per heavy atom. The molecule has 12 heteroatoms. The number of amides is 1. The molecule has 5 rings (SSSR count). The van der Waals surface area contributed by atoms with Crippen molar-refractivity contribution in [1.29, 1.82) is 0 Å². The Bertz CT molecular complexity index is 1150. The van der Waals surface area contributed by atoms with Gasteiger partial charge in [-0.3, -0.25) is 9.78 Å². The first-order valence-corrected chi connectivity index (χ1v) is 13.1. The molecule has 3 heterocycles. The highest BCUT2D eigenvalue weighted by molar-refractivity contribution is 5.78. The standard InChI is InChI=1S/C27H36N4O8/c1-13-10-18(31-19(33)11-16-7-4-15(12-30-16)14-5-8-17(32)9-6-14)27(36)26(37-13)38-25-23(35)20(28-2)22(34)21(29-3)24(25)39-27/h4-9,12-13,18,20-26,28-29,32,34-36H,10-11H2,1-3H3,(H,31,33)/t13-,18-,20-,21+,22+,23+,24-,25-,26+,27+/m1/s1. The molecule has 1 amide bonds. The first kappa shape index (κ1) is 27.9. The summed E-state index contributed by atoms with van der Waals surface area (Å²) in [6, 6.07) is 8.08. The van der Waals surface area contributed by atoms with Crippen molar-refractivity contribution >= 4 is 5.91 Å². The molecule has 0 radical (unpaired) electrons. The van der Waals surface area contributed by atoms with E-state index in [0.29, 0.717) is 5.69 Å². The van der Waals surface area contributed by atoms with Gasteiger partial charge in [0, 0.05) is 17.5 Å². The van der Waals surface area contributed by atoms with Crippen molar-refractivity contribution in [3.8, 4) is 16.9 Å². The van der Waals surface area contributed by atoms with Gasteiger partial charge in [0.25, 0.3) is 0 Å². The van der Waals surface area contributed by atoms with Crippen LogP contribution < -0.4 is 16.0 Å². The van der Waals surface area contributed by atoms with Crippen LogP contribution in [-0.4, -0.2) is 106 Å². The third kappa shape index (κ3) is 5.26. The largest absolute Gasteiger partial charge is 0.508 e. The number of aliphatic hydroxyl groups is 3. The molecule has 212 valence electrons. The zero-order valence-electron chi connectivity index (χ0n) is 22.0. The molecule has 1 saturated carbocycles. The van der Waals surface area contributed by atoms with Gasteiger partial charge in [-0.1, -0.05) is 18.2 Å². The van der Waals surface area contributed by atoms with Crippen LogP contribution in [0.25, 0.3) is 11.1 Å². The van der Waals surface area contributed by atoms with Gasteiger partial charge in [0.15, 0.2) is 0 Å². The number of aromatic nitrogens is 1. The average Bonchev–Trinajstić information content (AvgIpc) is 2.90. The summed E-state index contributed by atoms with van der Waals surface area (Å²) in [5, 5.41) is 51.7. The number of nitrogens with zero attached hydrogens (tertiary/aromatic N) is 1. The van der Waals surface area contributed by atoms with E-state index in [1.165, 1.54) is 0 Å². The van der Waals surface area contributed by atoms with Crippen molar-refractivity contribution < 1.29 is 39.4 Å². The second-order valence-corrected chi connectivity index (χ2v) is 10.4. The molecule has 2 aromatic rings. The maximum absolute atomic E-state index is 13.1. The van der Waals surface area contributed by atoms with Crippen molar-refractivity contribution in [2.75, 3.05) is 14.1 Å². The Morgan fingerprint density at radius 3 is 2.33 bits per heavy atom. The summed E-state index contributed by atoms with van der Waals surface area (Å²) in [7, 11) is 3.28. The number of fused-ring (bicyclic) bond motifs is 2. The summed E-state index contributed by atoms with van der Waals surface area (Å²) in [6.07, 6.45) is -3.76. The Hall–Kier alpha value is -2.68. The molecule has 0 unspecified atom stereocenters. The lowest BCUT2D eigenvalue weighted by atomic mass is 9.79. The molecule has 1 aromatic heterocycles. The monoisotopic (exact) mass is 544 g/mol. The zero-order valence-corrected chi connectivity index (χ0v) is 22.0. The number of carbonyl (C=O) groups excluding carboxylic acids is 1. The molecule has 0 spiro atoms. The molecular weight excluding hydrogens is 508 g/mol. The zero-order chi connectivity index (χ0) is 27.9. The Balaban J connectivity index is 1.30. The van der Waals surface area contributed by atoms with Crippen molar-refractivity contribution in [1.82, 2.24) is 20.9 Å². The fourth-order valence-electron chi connectivity index (χ4n) is 5.78. The van der Waals surface area contributed by atoms with Gasteiger partial charge in [0.05, 0.1) is 36.8 Å². The topological polar surface area (TPSA) is 175 Å². The lowest BCUT2D eigenvalue weighted by Crippen LogP contribution is -2.79. The number of rotatable bonds is 6. The number of ether oxygens (including phenoxy) is 3. The van der Waals surface area contributed by atoms with Gasteiger partial charge in [0.1, 0.15) is 24.1 Å². The SMILES string of the molecule is CN[C@@H]1[C@H](O)[C@H](NC)[C@H]2O[C@]3(O)[C@H](O[C@@H]2[C@H]1O)O[C@H](C)C[C@H]3NC(=O)Cc1ccc(-c2ccc(O)cc2)cn1. The van der Waals surface area contributed by atoms with E-state index in [1.54, 1.807) is 57.5 Å². The summed E-state index contributed by atoms with van der Waals surface area (Å²) in [5.41, 5.74) is 2.26. The highest BCUT2D eigenvalue weighted by atomic mass is 16.8. The van der Waals surface area contributed by atoms with Gasteiger partial charge >= 0.3 is 0 Å². The van der Waals surface area contributed by atoms with Crippen LogP contribution in [0.3, 0.4) is 0 Å². The second kappa shape index (κ2) is 11.1. The molecule has 3 aliphatic rings. The van der Waals surface area contributed by atoms with Crippen molar-refractivity contribution in [2.45, 2.75) is 80.5 Å². The minimum absolute atomic E-state index is 0.0321. The number of nitrogens with one attached hydrogen (secondary N) is 3. The van der Waals surface area contributed by atoms with Gasteiger partial charge < -0.3 is 50.6 Å². The first-order chi connectivity index (χ1) is 18.6. The predicted octanol–water partition coefficient (Wildman–Crippen LogP) is -1.000. The van der Waals surface area contributed by atoms with E-state index in [9.17, 15) is 25.2 Å². The quantitative estimate of drug-likeness (QED) is 0.238. The van der Waals surface area contributed by atoms with Crippen molar-refractivity contribution in [2.24, 2.45) is 0 Å². The maximum atomic E-state index is 13.1. The number of likely N-dealkylation sites (N-methyl/N-ethyl adjacent to an activating group) is 2. The van der Waals surface area contributed by atoms with Gasteiger partial charge in [-0.2, -0.15) is 0 Å². The minimum atomic E-state index is -2.06. The number of carbonyl (C=O) groups is 1. The molecule has 1 aromatic carbocycles. The number of hydrogen-bond acceptors (Lipinski definition) is 11. The maximum Gasteiger partial charge on any atom is 0.239 e. The summed E-state index contributed by atoms with van der Waals surface area (Å²) in [5.74, 6) is -2.25. The first-order valence-electron chi connectivity index (χ1n) is 13.1. The van der Waals surface area contributed by atoms with Gasteiger partial charge in [-0.05, 0) is 51.2 Å². The molecular formula is C27H36N4O8. The molecule has 39 heavy (non-hydrogen) atoms. The highest BCUT2D eigenvalue weighted by Crippen LogP contribution is 2.42. The van der Waals surface area contributed by atoms with E-state index >= 15 is 0 Å². The lowest BCUT2D eigenvalue weighted by Gasteiger charge is -2.58. The van der Waals surface area contributed by atoms with Crippen LogP contribution in [0.4, 0.5) is 0 Å². The molecule has 2 aliphatic heterocycles. The van der Waals surface area contributed by atoms with Gasteiger partial charge in [-0.25, -0.2) is 0 Å². The van der Waals surface area contributed by atoms with E-state index in [1.807, 2.05) is 6.07 Å². The van der Waals surface area contributed by atoms with E-state index in [4.69, 9.17) is 14.2 Å². The molecule has 10 atom stereocenters. The summed E-state index contributed by atoms with van der Waals surface area (Å²) in [6.45, 7) is 1.80. The molecule has 7 N–H and O–H groups in total. The number of aromatic hydroxyl groups is 1. The van der Waals surface area contributed by atoms with E-state index in [0.717, 1.165) is 11.1 Å². The minimum Gasteiger partial charge on any atom is -0.508 e. The summed E-state index contributed by atoms with van der Waals surface area (Å²) in [4.78, 5) is 17.5. The van der Waals surface area contributed by atoms with Gasteiger partial charge in [0.2, 0.25) is 18.0 Å². The summed E-state index contributed by atoms with van der Waals surface area (Å²) >= 11 is 0. The number of phenols is 1. The molecule has 2 saturated heterocycles. The van der Waals surface area contributed by atoms with Crippen LogP contribution >= 0.6 is 0 Å². The predicted molar refractivity (Wildman–Crippen MR) is 138 cm³/mol.